The third-order valence-corrected chi connectivity index (χ3v) is 3.07. The molecule has 1 saturated heterocycles. The van der Waals surface area contributed by atoms with E-state index in [9.17, 15) is 14.4 Å². The number of nitrogens with one attached hydrogen (secondary N) is 1. The molecule has 1 aliphatic heterocycles. The van der Waals surface area contributed by atoms with Gasteiger partial charge in [-0.05, 0) is 40.0 Å². The summed E-state index contributed by atoms with van der Waals surface area (Å²) in [4.78, 5) is 36.2. The maximum Gasteiger partial charge on any atom is 0.408 e. The lowest BCUT2D eigenvalue weighted by atomic mass is 10.1. The van der Waals surface area contributed by atoms with E-state index in [0.29, 0.717) is 13.0 Å². The molecule has 7 nitrogen and oxygen atoms in total. The van der Waals surface area contributed by atoms with Crippen LogP contribution in [0.1, 0.15) is 46.5 Å². The largest absolute Gasteiger partial charge is 0.481 e. The van der Waals surface area contributed by atoms with Crippen molar-refractivity contribution in [3.05, 3.63) is 0 Å². The van der Waals surface area contributed by atoms with Crippen LogP contribution in [0, 0.1) is 0 Å². The predicted molar refractivity (Wildman–Crippen MR) is 75.8 cm³/mol. The van der Waals surface area contributed by atoms with E-state index in [1.807, 2.05) is 0 Å². The Bertz CT molecular complexity index is 403. The van der Waals surface area contributed by atoms with E-state index in [4.69, 9.17) is 9.84 Å². The molecule has 1 atom stereocenters. The van der Waals surface area contributed by atoms with Crippen LogP contribution in [0.2, 0.25) is 0 Å². The lowest BCUT2D eigenvalue weighted by Gasteiger charge is -2.26. The van der Waals surface area contributed by atoms with Crippen molar-refractivity contribution in [2.45, 2.75) is 58.1 Å². The number of alkyl carbamates (subject to hydrolysis) is 1. The summed E-state index contributed by atoms with van der Waals surface area (Å²) >= 11 is 0. The summed E-state index contributed by atoms with van der Waals surface area (Å²) in [6.07, 6.45) is 1.43. The van der Waals surface area contributed by atoms with Crippen LogP contribution in [0.15, 0.2) is 0 Å². The highest BCUT2D eigenvalue weighted by atomic mass is 16.6. The Labute approximate surface area is 124 Å². The van der Waals surface area contributed by atoms with Crippen molar-refractivity contribution in [1.82, 2.24) is 10.2 Å². The molecule has 1 fully saturated rings. The molecule has 0 aromatic carbocycles. The lowest BCUT2D eigenvalue weighted by Crippen LogP contribution is -2.49. The number of rotatable bonds is 4. The first-order chi connectivity index (χ1) is 9.69. The molecule has 1 rings (SSSR count). The zero-order valence-corrected chi connectivity index (χ0v) is 12.8. The van der Waals surface area contributed by atoms with Crippen molar-refractivity contribution >= 4 is 18.0 Å². The summed E-state index contributed by atoms with van der Waals surface area (Å²) in [5, 5.41) is 11.3. The van der Waals surface area contributed by atoms with Gasteiger partial charge in [-0.1, -0.05) is 0 Å². The van der Waals surface area contributed by atoms with Gasteiger partial charge in [0.1, 0.15) is 11.6 Å². The van der Waals surface area contributed by atoms with Gasteiger partial charge in [0.25, 0.3) is 0 Å². The Hall–Kier alpha value is -1.79. The van der Waals surface area contributed by atoms with Crippen molar-refractivity contribution < 1.29 is 24.2 Å². The fourth-order valence-corrected chi connectivity index (χ4v) is 2.14. The molecule has 2 N–H and O–H groups in total. The van der Waals surface area contributed by atoms with E-state index in [2.05, 4.69) is 5.32 Å². The zero-order chi connectivity index (χ0) is 16.0. The third-order valence-electron chi connectivity index (χ3n) is 3.07. The Morgan fingerprint density at radius 3 is 2.62 bits per heavy atom. The van der Waals surface area contributed by atoms with E-state index in [0.717, 1.165) is 12.8 Å². The molecule has 1 unspecified atom stereocenters. The quantitative estimate of drug-likeness (QED) is 0.817. The fourth-order valence-electron chi connectivity index (χ4n) is 2.14. The molecule has 21 heavy (non-hydrogen) atoms. The molecule has 0 aromatic heterocycles. The minimum atomic E-state index is -0.941. The Balaban J connectivity index is 2.61. The molecule has 0 aromatic rings. The van der Waals surface area contributed by atoms with Crippen LogP contribution in [0.25, 0.3) is 0 Å². The molecule has 1 heterocycles. The molecular formula is C14H24N2O5. The highest BCUT2D eigenvalue weighted by Gasteiger charge is 2.29. The SMILES string of the molecule is CC(C)(C)OC(=O)NC1CCCCN(CCC(=O)O)C1=O. The van der Waals surface area contributed by atoms with Gasteiger partial charge in [0, 0.05) is 13.1 Å². The number of hydrogen-bond acceptors (Lipinski definition) is 4. The molecule has 7 heteroatoms. The van der Waals surface area contributed by atoms with E-state index in [-0.39, 0.29) is 18.9 Å². The minimum Gasteiger partial charge on any atom is -0.481 e. The summed E-state index contributed by atoms with van der Waals surface area (Å²) in [5.41, 5.74) is -0.624. The van der Waals surface area contributed by atoms with Crippen LogP contribution in [0.4, 0.5) is 4.79 Å². The maximum absolute atomic E-state index is 12.3. The molecule has 2 amide bonds. The molecule has 0 spiro atoms. The number of aliphatic carboxylic acids is 1. The summed E-state index contributed by atoms with van der Waals surface area (Å²) in [7, 11) is 0. The van der Waals surface area contributed by atoms with Gasteiger partial charge < -0.3 is 20.1 Å². The number of likely N-dealkylation sites (tertiary alicyclic amines) is 1. The zero-order valence-electron chi connectivity index (χ0n) is 12.8. The number of carboxylic acid groups (broad SMARTS) is 1. The second-order valence-electron chi connectivity index (χ2n) is 6.16. The normalized spacial score (nSPS) is 19.9. The topological polar surface area (TPSA) is 95.9 Å². The van der Waals surface area contributed by atoms with Gasteiger partial charge in [-0.2, -0.15) is 0 Å². The Morgan fingerprint density at radius 2 is 2.05 bits per heavy atom. The monoisotopic (exact) mass is 300 g/mol. The first-order valence-corrected chi connectivity index (χ1v) is 7.19. The summed E-state index contributed by atoms with van der Waals surface area (Å²) in [5.74, 6) is -1.18. The van der Waals surface area contributed by atoms with Crippen LogP contribution in [-0.4, -0.2) is 52.7 Å². The van der Waals surface area contributed by atoms with Gasteiger partial charge in [0.2, 0.25) is 5.91 Å². The van der Waals surface area contributed by atoms with E-state index in [1.54, 1.807) is 20.8 Å². The highest BCUT2D eigenvalue weighted by molar-refractivity contribution is 5.86. The number of carbonyl (C=O) groups excluding carboxylic acids is 2. The van der Waals surface area contributed by atoms with Crippen LogP contribution < -0.4 is 5.32 Å². The van der Waals surface area contributed by atoms with Crippen LogP contribution >= 0.6 is 0 Å². The van der Waals surface area contributed by atoms with Crippen molar-refractivity contribution in [1.29, 1.82) is 0 Å². The van der Waals surface area contributed by atoms with Gasteiger partial charge in [-0.3, -0.25) is 9.59 Å². The Kier molecular flexibility index (Phi) is 5.99. The van der Waals surface area contributed by atoms with Gasteiger partial charge in [-0.15, -0.1) is 0 Å². The van der Waals surface area contributed by atoms with E-state index in [1.165, 1.54) is 4.90 Å². The highest BCUT2D eigenvalue weighted by Crippen LogP contribution is 2.14. The molecule has 120 valence electrons. The average molecular weight is 300 g/mol. The summed E-state index contributed by atoms with van der Waals surface area (Å²) in [6.45, 7) is 5.95. The molecule has 0 radical (unpaired) electrons. The van der Waals surface area contributed by atoms with E-state index >= 15 is 0 Å². The standard InChI is InChI=1S/C14H24N2O5/c1-14(2,3)21-13(20)15-10-6-4-5-8-16(12(10)19)9-7-11(17)18/h10H,4-9H2,1-3H3,(H,15,20)(H,17,18). The predicted octanol–water partition coefficient (Wildman–Crippen LogP) is 1.37. The maximum atomic E-state index is 12.3. The van der Waals surface area contributed by atoms with Crippen LogP contribution in [0.3, 0.4) is 0 Å². The smallest absolute Gasteiger partial charge is 0.408 e. The molecule has 0 bridgehead atoms. The van der Waals surface area contributed by atoms with Crippen molar-refractivity contribution in [3.8, 4) is 0 Å². The number of amides is 2. The molecule has 0 saturated carbocycles. The summed E-state index contributed by atoms with van der Waals surface area (Å²) in [6, 6.07) is -0.642. The summed E-state index contributed by atoms with van der Waals surface area (Å²) < 4.78 is 5.15. The lowest BCUT2D eigenvalue weighted by molar-refractivity contribution is -0.139. The van der Waals surface area contributed by atoms with Gasteiger partial charge in [-0.25, -0.2) is 4.79 Å². The van der Waals surface area contributed by atoms with Crippen LogP contribution in [0.5, 0.6) is 0 Å². The number of ether oxygens (including phenoxy) is 1. The van der Waals surface area contributed by atoms with Crippen molar-refractivity contribution in [2.24, 2.45) is 0 Å². The van der Waals surface area contributed by atoms with Crippen LogP contribution in [-0.2, 0) is 14.3 Å². The molecule has 1 aliphatic rings. The molecular weight excluding hydrogens is 276 g/mol. The first kappa shape index (κ1) is 17.3. The fraction of sp³-hybridized carbons (Fsp3) is 0.786. The number of hydrogen-bond donors (Lipinski definition) is 2. The van der Waals surface area contributed by atoms with Gasteiger partial charge >= 0.3 is 12.1 Å². The second kappa shape index (κ2) is 7.28. The number of carbonyl (C=O) groups is 3. The van der Waals surface area contributed by atoms with E-state index < -0.39 is 23.7 Å². The number of nitrogens with zero attached hydrogens (tertiary/aromatic N) is 1. The van der Waals surface area contributed by atoms with Gasteiger partial charge in [0.15, 0.2) is 0 Å². The Morgan fingerprint density at radius 1 is 1.38 bits per heavy atom. The second-order valence-corrected chi connectivity index (χ2v) is 6.16. The van der Waals surface area contributed by atoms with Gasteiger partial charge in [0.05, 0.1) is 6.42 Å². The average Bonchev–Trinajstić information content (AvgIpc) is 2.48. The van der Waals surface area contributed by atoms with Crippen molar-refractivity contribution in [2.75, 3.05) is 13.1 Å². The third kappa shape index (κ3) is 6.46. The minimum absolute atomic E-state index is 0.0924. The number of carboxylic acids is 1. The molecule has 0 aliphatic carbocycles. The van der Waals surface area contributed by atoms with Crippen molar-refractivity contribution in [3.63, 3.8) is 0 Å². The first-order valence-electron chi connectivity index (χ1n) is 7.19.